The first-order valence-electron chi connectivity index (χ1n) is 23.7. The van der Waals surface area contributed by atoms with E-state index < -0.39 is 8.07 Å². The van der Waals surface area contributed by atoms with Gasteiger partial charge >= 0.3 is 0 Å². The van der Waals surface area contributed by atoms with Crippen molar-refractivity contribution in [3.05, 3.63) is 255 Å². The van der Waals surface area contributed by atoms with Gasteiger partial charge in [-0.3, -0.25) is 13.9 Å². The van der Waals surface area contributed by atoms with Gasteiger partial charge in [-0.2, -0.15) is 0 Å². The Bertz CT molecular complexity index is 3890. The molecule has 0 aliphatic carbocycles. The molecule has 0 radical (unpaired) electrons. The van der Waals surface area contributed by atoms with E-state index in [0.29, 0.717) is 0 Å². The molecule has 1 N–H and O–H groups in total. The molecule has 6 nitrogen and oxygen atoms in total. The van der Waals surface area contributed by atoms with Crippen molar-refractivity contribution in [1.82, 2.24) is 14.0 Å². The first-order valence-corrected chi connectivity index (χ1v) is 25.7. The zero-order valence-electron chi connectivity index (χ0n) is 37.6. The predicted octanol–water partition coefficient (Wildman–Crippen LogP) is 12.1. The van der Waals surface area contributed by atoms with Crippen molar-refractivity contribution >= 4 is 85.1 Å². The van der Waals surface area contributed by atoms with Crippen LogP contribution in [0.15, 0.2) is 255 Å². The molecule has 1 atom stereocenters. The molecule has 12 aromatic rings. The molecule has 69 heavy (non-hydrogen) atoms. The van der Waals surface area contributed by atoms with Crippen LogP contribution >= 0.6 is 0 Å². The van der Waals surface area contributed by atoms with Crippen molar-refractivity contribution in [2.75, 3.05) is 15.1 Å². The Morgan fingerprint density at radius 2 is 0.783 bits per heavy atom. The molecule has 0 spiro atoms. The van der Waals surface area contributed by atoms with Gasteiger partial charge < -0.3 is 10.2 Å². The number of rotatable bonds is 8. The molecular formula is C62H44N6Si. The van der Waals surface area contributed by atoms with Gasteiger partial charge in [-0.15, -0.1) is 0 Å². The van der Waals surface area contributed by atoms with Gasteiger partial charge in [-0.05, 0) is 92.5 Å². The summed E-state index contributed by atoms with van der Waals surface area (Å²) >= 11 is 0. The lowest BCUT2D eigenvalue weighted by Crippen LogP contribution is -2.75. The number of aromatic nitrogens is 3. The van der Waals surface area contributed by atoms with Gasteiger partial charge in [0.2, 0.25) is 5.78 Å². The van der Waals surface area contributed by atoms with Crippen LogP contribution in [0, 0.1) is 0 Å². The molecule has 0 saturated carbocycles. The number of anilines is 5. The zero-order valence-corrected chi connectivity index (χ0v) is 38.6. The Hall–Kier alpha value is -8.91. The molecule has 326 valence electrons. The SMILES string of the molecule is c1ccc([Si](c2ccccc2)(c2ccccc2-c2ccccc2N2c3ccccc3N3c4ccccc4NC32)c2ccccc2-c2ccccc2-n2c3ccccc3n3c4ccccc4nc23)cc1. The summed E-state index contributed by atoms with van der Waals surface area (Å²) in [7, 11) is -3.28. The normalized spacial score (nSPS) is 14.0. The highest BCUT2D eigenvalue weighted by molar-refractivity contribution is 7.21. The highest BCUT2D eigenvalue weighted by Gasteiger charge is 2.47. The summed E-state index contributed by atoms with van der Waals surface area (Å²) in [6.45, 7) is 0. The molecule has 0 fully saturated rings. The average molecular weight is 901 g/mol. The van der Waals surface area contributed by atoms with Crippen LogP contribution in [0.5, 0.6) is 0 Å². The lowest BCUT2D eigenvalue weighted by Gasteiger charge is -2.38. The van der Waals surface area contributed by atoms with E-state index in [-0.39, 0.29) is 6.29 Å². The lowest BCUT2D eigenvalue weighted by molar-refractivity contribution is 0.809. The maximum atomic E-state index is 5.33. The maximum absolute atomic E-state index is 5.33. The second kappa shape index (κ2) is 15.6. The molecule has 14 rings (SSSR count). The molecule has 2 aliphatic rings. The van der Waals surface area contributed by atoms with Crippen LogP contribution in [-0.4, -0.2) is 28.3 Å². The second-order valence-electron chi connectivity index (χ2n) is 17.9. The van der Waals surface area contributed by atoms with Gasteiger partial charge in [0.05, 0.1) is 56.2 Å². The van der Waals surface area contributed by atoms with E-state index in [0.717, 1.165) is 50.5 Å². The van der Waals surface area contributed by atoms with Crippen molar-refractivity contribution in [2.24, 2.45) is 0 Å². The first-order chi connectivity index (χ1) is 34.3. The summed E-state index contributed by atoms with van der Waals surface area (Å²) in [6, 6.07) is 93.7. The average Bonchev–Trinajstić information content (AvgIpc) is 4.17. The number of imidazole rings is 2. The van der Waals surface area contributed by atoms with Crippen LogP contribution in [0.4, 0.5) is 28.4 Å². The Balaban J connectivity index is 1.04. The van der Waals surface area contributed by atoms with Gasteiger partial charge in [-0.1, -0.05) is 194 Å². The molecule has 2 aromatic heterocycles. The Labute approximate surface area is 401 Å². The van der Waals surface area contributed by atoms with Crippen LogP contribution in [0.1, 0.15) is 0 Å². The monoisotopic (exact) mass is 900 g/mol. The van der Waals surface area contributed by atoms with E-state index in [4.69, 9.17) is 4.98 Å². The van der Waals surface area contributed by atoms with Crippen molar-refractivity contribution in [2.45, 2.75) is 6.29 Å². The van der Waals surface area contributed by atoms with Crippen LogP contribution in [0.3, 0.4) is 0 Å². The molecule has 1 unspecified atom stereocenters. The Kier molecular flexibility index (Phi) is 8.87. The predicted molar refractivity (Wildman–Crippen MR) is 289 cm³/mol. The molecule has 4 heterocycles. The number of hydrogen-bond donors (Lipinski definition) is 1. The second-order valence-corrected chi connectivity index (χ2v) is 21.7. The molecular weight excluding hydrogens is 857 g/mol. The number of hydrogen-bond acceptors (Lipinski definition) is 4. The molecule has 0 saturated heterocycles. The van der Waals surface area contributed by atoms with Crippen LogP contribution < -0.4 is 35.9 Å². The lowest BCUT2D eigenvalue weighted by atomic mass is 10.0. The van der Waals surface area contributed by atoms with E-state index in [2.05, 4.69) is 279 Å². The van der Waals surface area contributed by atoms with Crippen LogP contribution in [-0.2, 0) is 0 Å². The van der Waals surface area contributed by atoms with Crippen molar-refractivity contribution in [3.63, 3.8) is 0 Å². The summed E-state index contributed by atoms with van der Waals surface area (Å²) in [5.74, 6) is 0.890. The number of nitrogens with one attached hydrogen (secondary N) is 1. The molecule has 0 amide bonds. The highest BCUT2D eigenvalue weighted by Crippen LogP contribution is 2.54. The summed E-state index contributed by atoms with van der Waals surface area (Å²) < 4.78 is 4.68. The van der Waals surface area contributed by atoms with Gasteiger partial charge in [0.1, 0.15) is 0 Å². The summed E-state index contributed by atoms with van der Waals surface area (Å²) in [4.78, 5) is 10.3. The first kappa shape index (κ1) is 39.3. The smallest absolute Gasteiger partial charge is 0.220 e. The minimum Gasteiger partial charge on any atom is -0.346 e. The van der Waals surface area contributed by atoms with E-state index in [1.165, 1.54) is 54.5 Å². The number of nitrogens with zero attached hydrogens (tertiary/aromatic N) is 5. The van der Waals surface area contributed by atoms with E-state index in [1.807, 2.05) is 0 Å². The van der Waals surface area contributed by atoms with Crippen LogP contribution in [0.25, 0.3) is 55.8 Å². The quantitative estimate of drug-likeness (QED) is 0.122. The van der Waals surface area contributed by atoms with Gasteiger partial charge in [0.15, 0.2) is 14.4 Å². The van der Waals surface area contributed by atoms with Crippen molar-refractivity contribution in [1.29, 1.82) is 0 Å². The third-order valence-corrected chi connectivity index (χ3v) is 19.3. The van der Waals surface area contributed by atoms with Crippen molar-refractivity contribution in [3.8, 4) is 27.9 Å². The maximum Gasteiger partial charge on any atom is 0.220 e. The van der Waals surface area contributed by atoms with E-state index in [9.17, 15) is 0 Å². The topological polar surface area (TPSA) is 40.7 Å². The summed E-state index contributed by atoms with van der Waals surface area (Å²) in [5, 5.41) is 9.17. The van der Waals surface area contributed by atoms with Crippen molar-refractivity contribution < 1.29 is 0 Å². The third-order valence-electron chi connectivity index (χ3n) is 14.4. The number of benzene rings is 10. The summed E-state index contributed by atoms with van der Waals surface area (Å²) in [6.07, 6.45) is -0.139. The third kappa shape index (κ3) is 5.74. The van der Waals surface area contributed by atoms with Gasteiger partial charge in [0.25, 0.3) is 0 Å². The van der Waals surface area contributed by atoms with E-state index >= 15 is 0 Å². The highest BCUT2D eigenvalue weighted by atomic mass is 28.3. The Morgan fingerprint density at radius 1 is 0.348 bits per heavy atom. The molecule has 2 aliphatic heterocycles. The van der Waals surface area contributed by atoms with Gasteiger partial charge in [0, 0.05) is 11.1 Å². The largest absolute Gasteiger partial charge is 0.346 e. The molecule has 0 bridgehead atoms. The standard InChI is InChI=1S/C62H44N6Si/c1-3-23-43(24-4-1)69(44-25-5-2-6-26-44,59-41-21-9-29-47(59)45-27-7-13-33-51(45)65-55-37-17-19-39-57(55)67-53-35-15-11-31-49(53)63-61(65)67)60-42-22-10-30-48(60)46-28-8-14-34-52(46)66-56-38-18-20-40-58(56)68-54-36-16-12-32-50(54)64-62(66)68/h1-42,61,63H. The fourth-order valence-corrected chi connectivity index (χ4v) is 16.8. The fourth-order valence-electron chi connectivity index (χ4n) is 11.6. The minimum atomic E-state index is -3.28. The molecule has 7 heteroatoms. The number of fused-ring (bicyclic) bond motifs is 10. The van der Waals surface area contributed by atoms with E-state index in [1.54, 1.807) is 0 Å². The summed E-state index contributed by atoms with van der Waals surface area (Å²) in [5.41, 5.74) is 15.9. The number of para-hydroxylation sites is 10. The minimum absolute atomic E-state index is 0.139. The van der Waals surface area contributed by atoms with Crippen LogP contribution in [0.2, 0.25) is 0 Å². The molecule has 10 aromatic carbocycles. The fraction of sp³-hybridized carbons (Fsp3) is 0.0161. The van der Waals surface area contributed by atoms with Gasteiger partial charge in [-0.25, -0.2) is 4.98 Å². The zero-order chi connectivity index (χ0) is 45.5. The Morgan fingerprint density at radius 3 is 1.42 bits per heavy atom.